The Balaban J connectivity index is 1.66. The number of carbonyl (C=O) groups is 2. The topological polar surface area (TPSA) is 345 Å². The molecule has 0 bridgehead atoms. The van der Waals surface area contributed by atoms with Gasteiger partial charge in [-0.15, -0.1) is 0 Å². The Morgan fingerprint density at radius 1 is 0.520 bits per heavy atom. The van der Waals surface area contributed by atoms with E-state index in [0.717, 1.165) is 13.8 Å². The van der Waals surface area contributed by atoms with Crippen LogP contribution in [0.2, 0.25) is 0 Å². The molecule has 13 N–H and O–H groups in total. The van der Waals surface area contributed by atoms with Crippen molar-refractivity contribution >= 4 is 11.8 Å². The van der Waals surface area contributed by atoms with E-state index >= 15 is 0 Å². The minimum absolute atomic E-state index is 0.699. The van der Waals surface area contributed by atoms with E-state index in [9.17, 15) is 65.8 Å². The van der Waals surface area contributed by atoms with Gasteiger partial charge < -0.3 is 100.0 Å². The fraction of sp³-hybridized carbons (Fsp3) is 0.929. The van der Waals surface area contributed by atoms with Gasteiger partial charge in [-0.05, 0) is 6.92 Å². The van der Waals surface area contributed by atoms with Crippen LogP contribution in [0.15, 0.2) is 0 Å². The monoisotopic (exact) mass is 732 g/mol. The largest absolute Gasteiger partial charge is 0.394 e. The highest BCUT2D eigenvalue weighted by Crippen LogP contribution is 2.34. The summed E-state index contributed by atoms with van der Waals surface area (Å²) in [6, 6.07) is -3.11. The zero-order chi connectivity index (χ0) is 37.2. The average molecular weight is 733 g/mol. The van der Waals surface area contributed by atoms with Crippen molar-refractivity contribution in [3.63, 3.8) is 0 Å². The first-order chi connectivity index (χ1) is 23.5. The predicted octanol–water partition coefficient (Wildman–Crippen LogP) is -8.43. The van der Waals surface area contributed by atoms with Crippen molar-refractivity contribution in [1.82, 2.24) is 10.6 Å². The first-order valence-electron chi connectivity index (χ1n) is 15.9. The van der Waals surface area contributed by atoms with Crippen LogP contribution in [-0.4, -0.2) is 211 Å². The summed E-state index contributed by atoms with van der Waals surface area (Å²) in [5.74, 6) is -1.44. The lowest BCUT2D eigenvalue weighted by Crippen LogP contribution is -2.71. The van der Waals surface area contributed by atoms with Gasteiger partial charge in [0.15, 0.2) is 25.2 Å². The zero-order valence-corrected chi connectivity index (χ0v) is 27.3. The first-order valence-corrected chi connectivity index (χ1v) is 15.9. The normalized spacial score (nSPS) is 48.5. The van der Waals surface area contributed by atoms with Gasteiger partial charge >= 0.3 is 0 Å². The van der Waals surface area contributed by atoms with Gasteiger partial charge in [0.1, 0.15) is 91.4 Å². The molecule has 4 rings (SSSR count). The van der Waals surface area contributed by atoms with E-state index < -0.39 is 154 Å². The van der Waals surface area contributed by atoms with Crippen LogP contribution in [0, 0.1) is 0 Å². The molecule has 22 nitrogen and oxygen atoms in total. The molecule has 4 heterocycles. The number of nitrogens with one attached hydrogen (secondary N) is 2. The standard InChI is InChI=1S/C28H48N2O20/c1-7-15(36)18(39)20(41)27(44-7)50-24-14(30-9(3)35)25(43)45-12(6-33)23(24)49-26-13(29-8(2)34)17(38)22(11(5-32)47-26)48-28-21(42)19(40)16(37)10(4-31)46-28/h7,10-28,31-33,36-43H,4-6H2,1-3H3,(H,29,34)(H,30,35)/t7-,10+,11+,12+,13+,14+,15+,16+,17+,18+,19-,20-,21-,22+,23+,24+,25-,26+,27-,28-/m0/s1. The maximum Gasteiger partial charge on any atom is 0.217 e. The van der Waals surface area contributed by atoms with Crippen LogP contribution in [0.5, 0.6) is 0 Å². The van der Waals surface area contributed by atoms with Crippen molar-refractivity contribution in [2.75, 3.05) is 19.8 Å². The van der Waals surface area contributed by atoms with Gasteiger partial charge in [0.05, 0.1) is 25.9 Å². The van der Waals surface area contributed by atoms with Crippen LogP contribution in [0.4, 0.5) is 0 Å². The second kappa shape index (κ2) is 17.4. The number of aliphatic hydroxyl groups is 11. The molecule has 2 amide bonds. The third-order valence-corrected chi connectivity index (χ3v) is 8.97. The quantitative estimate of drug-likeness (QED) is 0.0938. The summed E-state index contributed by atoms with van der Waals surface area (Å²) in [5, 5.41) is 119. The molecule has 0 radical (unpaired) electrons. The Hall–Kier alpha value is -1.78. The Morgan fingerprint density at radius 3 is 1.54 bits per heavy atom. The Morgan fingerprint density at radius 2 is 0.980 bits per heavy atom. The van der Waals surface area contributed by atoms with Crippen molar-refractivity contribution < 1.29 is 98.9 Å². The number of aliphatic hydroxyl groups excluding tert-OH is 11. The molecule has 0 saturated carbocycles. The van der Waals surface area contributed by atoms with Crippen molar-refractivity contribution in [3.8, 4) is 0 Å². The number of rotatable bonds is 11. The van der Waals surface area contributed by atoms with Crippen LogP contribution in [0.25, 0.3) is 0 Å². The summed E-state index contributed by atoms with van der Waals surface area (Å²) in [7, 11) is 0. The number of amides is 2. The summed E-state index contributed by atoms with van der Waals surface area (Å²) in [5.41, 5.74) is 0. The molecule has 290 valence electrons. The zero-order valence-electron chi connectivity index (χ0n) is 27.3. The van der Waals surface area contributed by atoms with E-state index in [4.69, 9.17) is 33.2 Å². The molecule has 22 heteroatoms. The van der Waals surface area contributed by atoms with Gasteiger partial charge in [0, 0.05) is 13.8 Å². The van der Waals surface area contributed by atoms with Crippen molar-refractivity contribution in [2.24, 2.45) is 0 Å². The van der Waals surface area contributed by atoms with E-state index in [1.165, 1.54) is 6.92 Å². The predicted molar refractivity (Wildman–Crippen MR) is 156 cm³/mol. The van der Waals surface area contributed by atoms with Crippen molar-refractivity contribution in [3.05, 3.63) is 0 Å². The highest BCUT2D eigenvalue weighted by atomic mass is 16.8. The highest BCUT2D eigenvalue weighted by Gasteiger charge is 2.56. The maximum absolute atomic E-state index is 12.3. The molecule has 4 aliphatic rings. The van der Waals surface area contributed by atoms with Crippen molar-refractivity contribution in [1.29, 1.82) is 0 Å². The lowest BCUT2D eigenvalue weighted by atomic mass is 9.93. The molecule has 4 fully saturated rings. The van der Waals surface area contributed by atoms with Gasteiger partial charge in [-0.2, -0.15) is 0 Å². The molecule has 20 atom stereocenters. The molecule has 50 heavy (non-hydrogen) atoms. The summed E-state index contributed by atoms with van der Waals surface area (Å²) in [4.78, 5) is 24.5. The molecule has 0 aromatic heterocycles. The number of ether oxygens (including phenoxy) is 7. The lowest BCUT2D eigenvalue weighted by Gasteiger charge is -2.50. The number of carbonyl (C=O) groups excluding carboxylic acids is 2. The van der Waals surface area contributed by atoms with E-state index in [1.807, 2.05) is 0 Å². The third-order valence-electron chi connectivity index (χ3n) is 8.97. The molecular formula is C28H48N2O20. The van der Waals surface area contributed by atoms with E-state index in [0.29, 0.717) is 0 Å². The minimum Gasteiger partial charge on any atom is -0.394 e. The van der Waals surface area contributed by atoms with E-state index in [2.05, 4.69) is 10.6 Å². The first kappa shape index (κ1) is 41.0. The molecule has 0 aromatic carbocycles. The van der Waals surface area contributed by atoms with Gasteiger partial charge in [0.25, 0.3) is 0 Å². The van der Waals surface area contributed by atoms with Crippen LogP contribution in [0.3, 0.4) is 0 Å². The molecule has 0 spiro atoms. The Bertz CT molecular complexity index is 1120. The fourth-order valence-electron chi connectivity index (χ4n) is 6.29. The van der Waals surface area contributed by atoms with Crippen LogP contribution < -0.4 is 10.6 Å². The Labute approximate surface area is 285 Å². The lowest BCUT2D eigenvalue weighted by molar-refractivity contribution is -0.373. The van der Waals surface area contributed by atoms with Gasteiger partial charge in [-0.3, -0.25) is 9.59 Å². The molecular weight excluding hydrogens is 684 g/mol. The van der Waals surface area contributed by atoms with Crippen LogP contribution >= 0.6 is 0 Å². The number of hydrogen-bond donors (Lipinski definition) is 13. The van der Waals surface area contributed by atoms with Crippen LogP contribution in [-0.2, 0) is 42.7 Å². The summed E-state index contributed by atoms with van der Waals surface area (Å²) >= 11 is 0. The van der Waals surface area contributed by atoms with Gasteiger partial charge in [-0.1, -0.05) is 0 Å². The van der Waals surface area contributed by atoms with E-state index in [1.54, 1.807) is 0 Å². The molecule has 0 aliphatic carbocycles. The highest BCUT2D eigenvalue weighted by molar-refractivity contribution is 5.73. The van der Waals surface area contributed by atoms with Gasteiger partial charge in [0.2, 0.25) is 11.8 Å². The summed E-state index contributed by atoms with van der Waals surface area (Å²) in [6.45, 7) is 0.985. The fourth-order valence-corrected chi connectivity index (χ4v) is 6.29. The SMILES string of the molecule is CC(=O)N[C@@H]1[C@@H](O[C@@H]2O[C@@H](C)[C@@H](O)[C@@H](O)[C@@H]2O)[C@H](O[C@H]2O[C@H](CO)[C@@H](O[C@@H]3O[C@H](CO)[C@@H](O)[C@H](O)[C@@H]3O)[C@H](O)[C@H]2NC(C)=O)[C@@H](CO)O[C@@H]1O. The van der Waals surface area contributed by atoms with Crippen LogP contribution in [0.1, 0.15) is 20.8 Å². The molecule has 4 saturated heterocycles. The summed E-state index contributed by atoms with van der Waals surface area (Å²) in [6.07, 6.45) is -30.0. The molecule has 0 aromatic rings. The average Bonchev–Trinajstić information content (AvgIpc) is 3.07. The minimum atomic E-state index is -1.91. The summed E-state index contributed by atoms with van der Waals surface area (Å²) < 4.78 is 40.0. The molecule has 0 unspecified atom stereocenters. The second-order valence-electron chi connectivity index (χ2n) is 12.6. The van der Waals surface area contributed by atoms with Gasteiger partial charge in [-0.25, -0.2) is 0 Å². The maximum atomic E-state index is 12.3. The Kier molecular flexibility index (Phi) is 14.2. The second-order valence-corrected chi connectivity index (χ2v) is 12.6. The molecule has 4 aliphatic heterocycles. The smallest absolute Gasteiger partial charge is 0.217 e. The number of hydrogen-bond acceptors (Lipinski definition) is 20. The third kappa shape index (κ3) is 8.70. The van der Waals surface area contributed by atoms with Crippen molar-refractivity contribution in [2.45, 2.75) is 143 Å². The van der Waals surface area contributed by atoms with E-state index in [-0.39, 0.29) is 0 Å².